The van der Waals surface area contributed by atoms with Gasteiger partial charge >= 0.3 is 12.2 Å². The highest BCUT2D eigenvalue weighted by atomic mass is 16.6. The van der Waals surface area contributed by atoms with Crippen LogP contribution in [0.5, 0.6) is 0 Å². The molecule has 1 aromatic rings. The number of likely N-dealkylation sites (tertiary alicyclic amines) is 1. The van der Waals surface area contributed by atoms with Crippen molar-refractivity contribution in [3.8, 4) is 0 Å². The van der Waals surface area contributed by atoms with Gasteiger partial charge in [0, 0.05) is 6.54 Å². The Morgan fingerprint density at radius 2 is 2.00 bits per heavy atom. The van der Waals surface area contributed by atoms with Gasteiger partial charge in [0.2, 0.25) is 0 Å². The van der Waals surface area contributed by atoms with Crippen LogP contribution in [0.1, 0.15) is 39.2 Å². The molecule has 1 heterocycles. The topological polar surface area (TPSA) is 67.9 Å². The maximum absolute atomic E-state index is 12.5. The van der Waals surface area contributed by atoms with Crippen molar-refractivity contribution in [2.75, 3.05) is 6.54 Å². The molecule has 26 heavy (non-hydrogen) atoms. The van der Waals surface area contributed by atoms with Crippen molar-refractivity contribution < 1.29 is 19.1 Å². The molecule has 6 heteroatoms. The monoisotopic (exact) mass is 360 g/mol. The van der Waals surface area contributed by atoms with Gasteiger partial charge in [0.1, 0.15) is 12.2 Å². The lowest BCUT2D eigenvalue weighted by molar-refractivity contribution is 0.0482. The number of alkyl carbamates (subject to hydrolysis) is 1. The molecule has 0 aromatic heterocycles. The third-order valence-corrected chi connectivity index (χ3v) is 4.10. The van der Waals surface area contributed by atoms with Crippen molar-refractivity contribution >= 4 is 12.2 Å². The van der Waals surface area contributed by atoms with Crippen LogP contribution in [-0.4, -0.2) is 41.3 Å². The molecule has 1 aromatic carbocycles. The first-order valence-corrected chi connectivity index (χ1v) is 8.88. The van der Waals surface area contributed by atoms with Crippen LogP contribution in [0.25, 0.3) is 0 Å². The minimum atomic E-state index is -0.565. The van der Waals surface area contributed by atoms with E-state index < -0.39 is 11.7 Å². The highest BCUT2D eigenvalue weighted by Crippen LogP contribution is 2.23. The molecule has 1 N–H and O–H groups in total. The number of amides is 2. The van der Waals surface area contributed by atoms with Crippen molar-refractivity contribution in [3.63, 3.8) is 0 Å². The highest BCUT2D eigenvalue weighted by Gasteiger charge is 2.38. The molecule has 0 bridgehead atoms. The van der Waals surface area contributed by atoms with Gasteiger partial charge in [-0.05, 0) is 39.2 Å². The first-order chi connectivity index (χ1) is 12.3. The van der Waals surface area contributed by atoms with Crippen molar-refractivity contribution in [2.45, 2.75) is 57.9 Å². The van der Waals surface area contributed by atoms with Crippen molar-refractivity contribution in [3.05, 3.63) is 48.6 Å². The van der Waals surface area contributed by atoms with E-state index >= 15 is 0 Å². The zero-order valence-electron chi connectivity index (χ0n) is 15.7. The van der Waals surface area contributed by atoms with Crippen molar-refractivity contribution in [2.24, 2.45) is 0 Å². The Bertz CT molecular complexity index is 624. The standard InChI is InChI=1S/C20H28N2O4/c1-5-9-17-16(21-18(23)26-20(2,3)4)12-13-22(17)19(24)25-14-15-10-7-6-8-11-15/h5-8,10-11,16-17H,1,9,12-14H2,2-4H3,(H,21,23). The SMILES string of the molecule is C=CCC1C(NC(=O)OC(C)(C)C)CCN1C(=O)OCc1ccccc1. The molecule has 142 valence electrons. The van der Waals surface area contributed by atoms with E-state index in [1.165, 1.54) is 0 Å². The summed E-state index contributed by atoms with van der Waals surface area (Å²) in [5.74, 6) is 0. The lowest BCUT2D eigenvalue weighted by Crippen LogP contribution is -2.47. The number of nitrogens with zero attached hydrogens (tertiary/aromatic N) is 1. The number of nitrogens with one attached hydrogen (secondary N) is 1. The molecular formula is C20H28N2O4. The summed E-state index contributed by atoms with van der Waals surface area (Å²) >= 11 is 0. The normalized spacial score (nSPS) is 19.7. The highest BCUT2D eigenvalue weighted by molar-refractivity contribution is 5.70. The quantitative estimate of drug-likeness (QED) is 0.810. The minimum absolute atomic E-state index is 0.188. The molecule has 2 amide bonds. The summed E-state index contributed by atoms with van der Waals surface area (Å²) in [6.45, 7) is 9.95. The second-order valence-corrected chi connectivity index (χ2v) is 7.37. The molecule has 2 unspecified atom stereocenters. The number of rotatable bonds is 5. The van der Waals surface area contributed by atoms with E-state index in [4.69, 9.17) is 9.47 Å². The maximum Gasteiger partial charge on any atom is 0.410 e. The number of ether oxygens (including phenoxy) is 2. The van der Waals surface area contributed by atoms with Crippen LogP contribution in [-0.2, 0) is 16.1 Å². The molecule has 6 nitrogen and oxygen atoms in total. The molecule has 1 fully saturated rings. The Morgan fingerprint density at radius 1 is 1.31 bits per heavy atom. The molecule has 2 rings (SSSR count). The molecule has 0 aliphatic carbocycles. The van der Waals surface area contributed by atoms with Gasteiger partial charge in [-0.3, -0.25) is 0 Å². The lowest BCUT2D eigenvalue weighted by atomic mass is 10.1. The number of benzene rings is 1. The van der Waals surface area contributed by atoms with Gasteiger partial charge in [-0.2, -0.15) is 0 Å². The summed E-state index contributed by atoms with van der Waals surface area (Å²) < 4.78 is 10.7. The van der Waals surface area contributed by atoms with Crippen LogP contribution >= 0.6 is 0 Å². The number of carbonyl (C=O) groups excluding carboxylic acids is 2. The van der Waals surface area contributed by atoms with Gasteiger partial charge in [0.05, 0.1) is 12.1 Å². The fourth-order valence-electron chi connectivity index (χ4n) is 2.97. The van der Waals surface area contributed by atoms with E-state index in [9.17, 15) is 9.59 Å². The molecule has 0 spiro atoms. The largest absolute Gasteiger partial charge is 0.445 e. The average molecular weight is 360 g/mol. The average Bonchev–Trinajstić information content (AvgIpc) is 2.95. The predicted octanol–water partition coefficient (Wildman–Crippen LogP) is 3.87. The van der Waals surface area contributed by atoms with Crippen molar-refractivity contribution in [1.29, 1.82) is 0 Å². The first kappa shape index (κ1) is 19.8. The van der Waals surface area contributed by atoms with E-state index in [2.05, 4.69) is 11.9 Å². The van der Waals surface area contributed by atoms with Crippen LogP contribution in [0.4, 0.5) is 9.59 Å². The minimum Gasteiger partial charge on any atom is -0.445 e. The summed E-state index contributed by atoms with van der Waals surface area (Å²) in [5.41, 5.74) is 0.369. The third kappa shape index (κ3) is 5.79. The summed E-state index contributed by atoms with van der Waals surface area (Å²) in [6.07, 6.45) is 2.11. The molecule has 1 aliphatic heterocycles. The molecule has 1 aliphatic rings. The summed E-state index contributed by atoms with van der Waals surface area (Å²) in [6, 6.07) is 9.16. The van der Waals surface area contributed by atoms with Gasteiger partial charge in [-0.15, -0.1) is 6.58 Å². The number of hydrogen-bond donors (Lipinski definition) is 1. The van der Waals surface area contributed by atoms with Crippen LogP contribution < -0.4 is 5.32 Å². The van der Waals surface area contributed by atoms with Crippen LogP contribution in [0, 0.1) is 0 Å². The second-order valence-electron chi connectivity index (χ2n) is 7.37. The van der Waals surface area contributed by atoms with Gasteiger partial charge in [-0.25, -0.2) is 9.59 Å². The molecule has 0 saturated carbocycles. The molecule has 2 atom stereocenters. The van der Waals surface area contributed by atoms with Crippen LogP contribution in [0.2, 0.25) is 0 Å². The van der Waals surface area contributed by atoms with E-state index in [1.807, 2.05) is 51.1 Å². The Kier molecular flexibility index (Phi) is 6.66. The first-order valence-electron chi connectivity index (χ1n) is 8.88. The van der Waals surface area contributed by atoms with Gasteiger partial charge in [-0.1, -0.05) is 36.4 Å². The summed E-state index contributed by atoms with van der Waals surface area (Å²) in [4.78, 5) is 26.2. The molecule has 1 saturated heterocycles. The predicted molar refractivity (Wildman–Crippen MR) is 99.7 cm³/mol. The second kappa shape index (κ2) is 8.74. The van der Waals surface area contributed by atoms with E-state index in [0.29, 0.717) is 19.4 Å². The summed E-state index contributed by atoms with van der Waals surface area (Å²) in [7, 11) is 0. The Morgan fingerprint density at radius 3 is 2.62 bits per heavy atom. The number of carbonyl (C=O) groups is 2. The fourth-order valence-corrected chi connectivity index (χ4v) is 2.97. The molecular weight excluding hydrogens is 332 g/mol. The third-order valence-electron chi connectivity index (χ3n) is 4.10. The zero-order chi connectivity index (χ0) is 19.2. The van der Waals surface area contributed by atoms with E-state index in [-0.39, 0.29) is 24.8 Å². The Hall–Kier alpha value is -2.50. The van der Waals surface area contributed by atoms with Gasteiger partial charge in [0.25, 0.3) is 0 Å². The maximum atomic E-state index is 12.5. The zero-order valence-corrected chi connectivity index (χ0v) is 15.7. The van der Waals surface area contributed by atoms with E-state index in [0.717, 1.165) is 5.56 Å². The lowest BCUT2D eigenvalue weighted by Gasteiger charge is -2.28. The molecule has 0 radical (unpaired) electrons. The Labute approximate surface area is 155 Å². The summed E-state index contributed by atoms with van der Waals surface area (Å²) in [5, 5.41) is 2.87. The van der Waals surface area contributed by atoms with Crippen LogP contribution in [0.3, 0.4) is 0 Å². The van der Waals surface area contributed by atoms with Crippen molar-refractivity contribution in [1.82, 2.24) is 10.2 Å². The van der Waals surface area contributed by atoms with Gasteiger partial charge in [0.15, 0.2) is 0 Å². The smallest absolute Gasteiger partial charge is 0.410 e. The fraction of sp³-hybridized carbons (Fsp3) is 0.500. The Balaban J connectivity index is 1.94. The van der Waals surface area contributed by atoms with E-state index in [1.54, 1.807) is 11.0 Å². The number of hydrogen-bond acceptors (Lipinski definition) is 4. The van der Waals surface area contributed by atoms with Gasteiger partial charge < -0.3 is 19.7 Å². The van der Waals surface area contributed by atoms with Crippen LogP contribution in [0.15, 0.2) is 43.0 Å².